The Morgan fingerprint density at radius 1 is 0.710 bits per heavy atom. The maximum Gasteiger partial charge on any atom is 0.340 e. The molecule has 5 heteroatoms. The number of esters is 2. The normalized spacial score (nSPS) is 10.8. The Labute approximate surface area is 180 Å². The molecular weight excluding hydrogens is 390 g/mol. The topological polar surface area (TPSA) is 57.5 Å². The first-order valence-electron chi connectivity index (χ1n) is 10.1. The third-order valence-electron chi connectivity index (χ3n) is 5.43. The van der Waals surface area contributed by atoms with Crippen LogP contribution in [0.1, 0.15) is 27.6 Å². The van der Waals surface area contributed by atoms with E-state index in [1.165, 1.54) is 14.2 Å². The molecule has 31 heavy (non-hydrogen) atoms. The molecule has 3 aromatic carbocycles. The second-order valence-corrected chi connectivity index (χ2v) is 7.10. The Kier molecular flexibility index (Phi) is 5.58. The number of fused-ring (bicyclic) bond motifs is 1. The number of nitrogens with zero attached hydrogens (tertiary/aromatic N) is 1. The minimum absolute atomic E-state index is 0.213. The predicted molar refractivity (Wildman–Crippen MR) is 121 cm³/mol. The monoisotopic (exact) mass is 413 g/mol. The summed E-state index contributed by atoms with van der Waals surface area (Å²) in [5, 5.41) is 2.14. The molecule has 4 rings (SSSR count). The smallest absolute Gasteiger partial charge is 0.340 e. The number of carbonyl (C=O) groups excluding carboxylic acids is 2. The molecule has 0 atom stereocenters. The molecule has 156 valence electrons. The minimum atomic E-state index is -0.576. The number of ether oxygens (including phenoxy) is 2. The summed E-state index contributed by atoms with van der Waals surface area (Å²) in [6.45, 7) is 2.53. The van der Waals surface area contributed by atoms with Gasteiger partial charge in [0, 0.05) is 6.54 Å². The molecule has 1 aromatic heterocycles. The Bertz CT molecular complexity index is 1270. The molecule has 0 spiro atoms. The number of rotatable bonds is 5. The highest BCUT2D eigenvalue weighted by Gasteiger charge is 2.33. The van der Waals surface area contributed by atoms with Crippen molar-refractivity contribution < 1.29 is 19.1 Å². The Morgan fingerprint density at radius 2 is 1.26 bits per heavy atom. The third kappa shape index (κ3) is 3.48. The van der Waals surface area contributed by atoms with Crippen LogP contribution < -0.4 is 0 Å². The van der Waals surface area contributed by atoms with Crippen molar-refractivity contribution in [1.82, 2.24) is 4.57 Å². The molecule has 0 aliphatic heterocycles. The number of hydrogen-bond acceptors (Lipinski definition) is 4. The molecule has 0 aliphatic rings. The number of benzene rings is 3. The fourth-order valence-electron chi connectivity index (χ4n) is 4.07. The van der Waals surface area contributed by atoms with E-state index in [1.807, 2.05) is 84.3 Å². The lowest BCUT2D eigenvalue weighted by molar-refractivity contribution is 0.0558. The summed E-state index contributed by atoms with van der Waals surface area (Å²) < 4.78 is 12.2. The molecule has 1 heterocycles. The summed E-state index contributed by atoms with van der Waals surface area (Å²) in [4.78, 5) is 25.9. The second kappa shape index (κ2) is 8.48. The SMILES string of the molecule is CCn1c(-c2ccccc2)c(C(=O)OC)c(C(=O)OC)c1-c1ccc2ccccc2c1. The van der Waals surface area contributed by atoms with Crippen LogP contribution in [0, 0.1) is 0 Å². The lowest BCUT2D eigenvalue weighted by atomic mass is 9.99. The average molecular weight is 413 g/mol. The van der Waals surface area contributed by atoms with E-state index in [4.69, 9.17) is 9.47 Å². The van der Waals surface area contributed by atoms with Crippen molar-refractivity contribution in [2.24, 2.45) is 0 Å². The first-order chi connectivity index (χ1) is 15.1. The molecule has 0 amide bonds. The Balaban J connectivity index is 2.13. The van der Waals surface area contributed by atoms with Crippen LogP contribution in [0.15, 0.2) is 72.8 Å². The van der Waals surface area contributed by atoms with Crippen molar-refractivity contribution in [3.63, 3.8) is 0 Å². The number of carbonyl (C=O) groups is 2. The van der Waals surface area contributed by atoms with E-state index in [-0.39, 0.29) is 11.1 Å². The number of aromatic nitrogens is 1. The van der Waals surface area contributed by atoms with Gasteiger partial charge in [0.2, 0.25) is 0 Å². The van der Waals surface area contributed by atoms with E-state index in [2.05, 4.69) is 0 Å². The van der Waals surface area contributed by atoms with Crippen LogP contribution in [-0.4, -0.2) is 30.7 Å². The first kappa shape index (κ1) is 20.4. The standard InChI is InChI=1S/C26H23NO4/c1-4-27-23(18-11-6-5-7-12-18)21(25(28)30-2)22(26(29)31-3)24(27)20-15-14-17-10-8-9-13-19(17)16-20/h5-16H,4H2,1-3H3. The van der Waals surface area contributed by atoms with Gasteiger partial charge in [0.1, 0.15) is 11.1 Å². The van der Waals surface area contributed by atoms with Crippen LogP contribution in [0.4, 0.5) is 0 Å². The van der Waals surface area contributed by atoms with Gasteiger partial charge < -0.3 is 14.0 Å². The molecule has 0 fully saturated rings. The highest BCUT2D eigenvalue weighted by Crippen LogP contribution is 2.39. The Morgan fingerprint density at radius 3 is 1.84 bits per heavy atom. The van der Waals surface area contributed by atoms with E-state index < -0.39 is 11.9 Å². The fourth-order valence-corrected chi connectivity index (χ4v) is 4.07. The van der Waals surface area contributed by atoms with Crippen LogP contribution in [0.5, 0.6) is 0 Å². The largest absolute Gasteiger partial charge is 0.465 e. The van der Waals surface area contributed by atoms with Gasteiger partial charge >= 0.3 is 11.9 Å². The molecule has 0 radical (unpaired) electrons. The zero-order chi connectivity index (χ0) is 22.0. The zero-order valence-electron chi connectivity index (χ0n) is 17.7. The predicted octanol–water partition coefficient (Wildman–Crippen LogP) is 5.57. The van der Waals surface area contributed by atoms with Crippen LogP contribution in [0.25, 0.3) is 33.3 Å². The summed E-state index contributed by atoms with van der Waals surface area (Å²) >= 11 is 0. The highest BCUT2D eigenvalue weighted by atomic mass is 16.5. The van der Waals surface area contributed by atoms with Gasteiger partial charge in [-0.1, -0.05) is 66.7 Å². The molecule has 0 unspecified atom stereocenters. The average Bonchev–Trinajstić information content (AvgIpc) is 3.18. The van der Waals surface area contributed by atoms with E-state index in [0.717, 1.165) is 21.9 Å². The van der Waals surface area contributed by atoms with Gasteiger partial charge in [-0.2, -0.15) is 0 Å². The minimum Gasteiger partial charge on any atom is -0.465 e. The van der Waals surface area contributed by atoms with Crippen molar-refractivity contribution >= 4 is 22.7 Å². The van der Waals surface area contributed by atoms with Gasteiger partial charge in [0.15, 0.2) is 0 Å². The van der Waals surface area contributed by atoms with Gasteiger partial charge in [0.25, 0.3) is 0 Å². The third-order valence-corrected chi connectivity index (χ3v) is 5.43. The summed E-state index contributed by atoms with van der Waals surface area (Å²) in [6.07, 6.45) is 0. The molecular formula is C26H23NO4. The molecule has 0 N–H and O–H groups in total. The molecule has 0 bridgehead atoms. The quantitative estimate of drug-likeness (QED) is 0.402. The van der Waals surface area contributed by atoms with Crippen LogP contribution in [0.3, 0.4) is 0 Å². The second-order valence-electron chi connectivity index (χ2n) is 7.10. The van der Waals surface area contributed by atoms with Gasteiger partial charge in [0.05, 0.1) is 25.6 Å². The maximum atomic E-state index is 13.0. The summed E-state index contributed by atoms with van der Waals surface area (Å²) in [7, 11) is 2.64. The zero-order valence-corrected chi connectivity index (χ0v) is 17.7. The van der Waals surface area contributed by atoms with Gasteiger partial charge in [-0.15, -0.1) is 0 Å². The van der Waals surface area contributed by atoms with E-state index in [9.17, 15) is 9.59 Å². The van der Waals surface area contributed by atoms with Crippen molar-refractivity contribution in [2.45, 2.75) is 13.5 Å². The van der Waals surface area contributed by atoms with Gasteiger partial charge in [-0.25, -0.2) is 9.59 Å². The van der Waals surface area contributed by atoms with Crippen LogP contribution in [0.2, 0.25) is 0 Å². The Hall–Kier alpha value is -3.86. The van der Waals surface area contributed by atoms with Crippen molar-refractivity contribution in [3.8, 4) is 22.5 Å². The molecule has 0 saturated heterocycles. The lowest BCUT2D eigenvalue weighted by Gasteiger charge is -2.13. The van der Waals surface area contributed by atoms with Crippen molar-refractivity contribution in [3.05, 3.63) is 83.9 Å². The molecule has 4 aromatic rings. The number of methoxy groups -OCH3 is 2. The molecule has 0 aliphatic carbocycles. The molecule has 5 nitrogen and oxygen atoms in total. The van der Waals surface area contributed by atoms with E-state index in [1.54, 1.807) is 0 Å². The van der Waals surface area contributed by atoms with Crippen molar-refractivity contribution in [2.75, 3.05) is 14.2 Å². The first-order valence-corrected chi connectivity index (χ1v) is 10.1. The maximum absolute atomic E-state index is 13.0. The summed E-state index contributed by atoms with van der Waals surface area (Å²) in [5.41, 5.74) is 3.35. The van der Waals surface area contributed by atoms with Crippen LogP contribution in [-0.2, 0) is 16.0 Å². The van der Waals surface area contributed by atoms with Gasteiger partial charge in [-0.3, -0.25) is 0 Å². The molecule has 0 saturated carbocycles. The number of hydrogen-bond donors (Lipinski definition) is 0. The van der Waals surface area contributed by atoms with Crippen molar-refractivity contribution in [1.29, 1.82) is 0 Å². The fraction of sp³-hybridized carbons (Fsp3) is 0.154. The van der Waals surface area contributed by atoms with E-state index in [0.29, 0.717) is 17.9 Å². The summed E-state index contributed by atoms with van der Waals surface area (Å²) in [6, 6.07) is 23.6. The highest BCUT2D eigenvalue weighted by molar-refractivity contribution is 6.12. The lowest BCUT2D eigenvalue weighted by Crippen LogP contribution is -2.11. The van der Waals surface area contributed by atoms with Gasteiger partial charge in [-0.05, 0) is 34.9 Å². The van der Waals surface area contributed by atoms with Crippen LogP contribution >= 0.6 is 0 Å². The summed E-state index contributed by atoms with van der Waals surface area (Å²) in [5.74, 6) is -1.15. The van der Waals surface area contributed by atoms with E-state index >= 15 is 0 Å².